The molecule has 2 aromatic carbocycles. The molecule has 2 aromatic rings. The number of guanidine groups is 1. The van der Waals surface area contributed by atoms with Gasteiger partial charge in [0.05, 0.1) is 11.5 Å². The largest absolute Gasteiger partial charge is 0.491 e. The summed E-state index contributed by atoms with van der Waals surface area (Å²) in [6, 6.07) is 10.4. The van der Waals surface area contributed by atoms with Gasteiger partial charge < -0.3 is 20.5 Å². The number of nitrogens with one attached hydrogen (secondary N) is 2. The maximum atomic E-state index is 13.2. The average Bonchev–Trinajstić information content (AvgIpc) is 2.72. The predicted molar refractivity (Wildman–Crippen MR) is 113 cm³/mol. The van der Waals surface area contributed by atoms with Crippen LogP contribution in [0.15, 0.2) is 47.5 Å². The Morgan fingerprint density at radius 2 is 2.00 bits per heavy atom. The molecule has 0 spiro atoms. The van der Waals surface area contributed by atoms with Crippen LogP contribution in [-0.4, -0.2) is 48.3 Å². The van der Waals surface area contributed by atoms with Crippen LogP contribution in [0.25, 0.3) is 0 Å². The van der Waals surface area contributed by atoms with Crippen molar-refractivity contribution in [2.75, 3.05) is 26.2 Å². The van der Waals surface area contributed by atoms with Crippen LogP contribution in [0.4, 0.5) is 10.1 Å². The van der Waals surface area contributed by atoms with E-state index in [0.29, 0.717) is 31.2 Å². The molecular formula is C21H27FN4O4. The van der Waals surface area contributed by atoms with Crippen molar-refractivity contribution in [2.24, 2.45) is 4.99 Å². The zero-order chi connectivity index (χ0) is 21.9. The van der Waals surface area contributed by atoms with Crippen LogP contribution in [0, 0.1) is 22.9 Å². The summed E-state index contributed by atoms with van der Waals surface area (Å²) in [5, 5.41) is 27.0. The van der Waals surface area contributed by atoms with E-state index < -0.39 is 11.0 Å². The molecule has 2 rings (SSSR count). The van der Waals surface area contributed by atoms with Gasteiger partial charge in [0.15, 0.2) is 5.96 Å². The third-order valence-corrected chi connectivity index (χ3v) is 4.29. The lowest BCUT2D eigenvalue weighted by atomic mass is 10.1. The maximum Gasteiger partial charge on any atom is 0.269 e. The molecule has 1 unspecified atom stereocenters. The summed E-state index contributed by atoms with van der Waals surface area (Å²) in [4.78, 5) is 14.5. The smallest absolute Gasteiger partial charge is 0.269 e. The first-order valence-corrected chi connectivity index (χ1v) is 9.71. The number of halogens is 1. The van der Waals surface area contributed by atoms with Gasteiger partial charge in [0.2, 0.25) is 0 Å². The number of non-ortho nitro benzene ring substituents is 1. The quantitative estimate of drug-likeness (QED) is 0.237. The van der Waals surface area contributed by atoms with Gasteiger partial charge in [0.25, 0.3) is 5.69 Å². The van der Waals surface area contributed by atoms with Crippen molar-refractivity contribution in [3.05, 3.63) is 69.5 Å². The molecule has 0 amide bonds. The number of aryl methyl sites for hydroxylation is 1. The Kier molecular flexibility index (Phi) is 9.02. The van der Waals surface area contributed by atoms with Crippen LogP contribution < -0.4 is 15.4 Å². The zero-order valence-corrected chi connectivity index (χ0v) is 17.1. The van der Waals surface area contributed by atoms with Crippen molar-refractivity contribution in [3.8, 4) is 5.75 Å². The van der Waals surface area contributed by atoms with Crippen LogP contribution in [-0.2, 0) is 6.42 Å². The number of hydrogen-bond donors (Lipinski definition) is 3. The molecule has 30 heavy (non-hydrogen) atoms. The molecule has 0 aliphatic rings. The molecule has 162 valence electrons. The van der Waals surface area contributed by atoms with Gasteiger partial charge in [-0.3, -0.25) is 15.1 Å². The molecule has 1 atom stereocenters. The number of benzene rings is 2. The number of ether oxygens (including phenoxy) is 1. The summed E-state index contributed by atoms with van der Waals surface area (Å²) < 4.78 is 18.6. The SMILES string of the molecule is CCNC(=NCC(O)COc1ccc([N+](=O)[O-])cc1)NCCc1ccc(F)cc1C. The van der Waals surface area contributed by atoms with Crippen LogP contribution in [0.3, 0.4) is 0 Å². The van der Waals surface area contributed by atoms with Crippen molar-refractivity contribution in [1.82, 2.24) is 10.6 Å². The standard InChI is InChI=1S/C21H27FN4O4/c1-3-23-21(24-11-10-16-4-5-17(22)12-15(16)2)25-13-19(27)14-30-20-8-6-18(7-9-20)26(28)29/h4-9,12,19,27H,3,10-11,13-14H2,1-2H3,(H2,23,24,25). The fraction of sp³-hybridized carbons (Fsp3) is 0.381. The number of nitro benzene ring substituents is 1. The Morgan fingerprint density at radius 3 is 2.63 bits per heavy atom. The number of aliphatic imine (C=N–C) groups is 1. The van der Waals surface area contributed by atoms with E-state index in [-0.39, 0.29) is 24.7 Å². The van der Waals surface area contributed by atoms with Gasteiger partial charge in [-0.2, -0.15) is 0 Å². The number of hydrogen-bond acceptors (Lipinski definition) is 5. The monoisotopic (exact) mass is 418 g/mol. The molecule has 0 bridgehead atoms. The second kappa shape index (κ2) is 11.7. The van der Waals surface area contributed by atoms with Crippen LogP contribution in [0.2, 0.25) is 0 Å². The Balaban J connectivity index is 1.80. The number of aliphatic hydroxyl groups is 1. The lowest BCUT2D eigenvalue weighted by Gasteiger charge is -2.14. The Labute approximate surface area is 174 Å². The Morgan fingerprint density at radius 1 is 1.27 bits per heavy atom. The molecule has 0 aromatic heterocycles. The summed E-state index contributed by atoms with van der Waals surface area (Å²) in [5.74, 6) is 0.749. The van der Waals surface area contributed by atoms with Crippen molar-refractivity contribution < 1.29 is 19.2 Å². The van der Waals surface area contributed by atoms with Gasteiger partial charge >= 0.3 is 0 Å². The van der Waals surface area contributed by atoms with Crippen LogP contribution >= 0.6 is 0 Å². The molecule has 0 saturated carbocycles. The van der Waals surface area contributed by atoms with Gasteiger partial charge in [0, 0.05) is 25.2 Å². The highest BCUT2D eigenvalue weighted by atomic mass is 19.1. The van der Waals surface area contributed by atoms with Gasteiger partial charge in [0.1, 0.15) is 24.3 Å². The second-order valence-corrected chi connectivity index (χ2v) is 6.68. The number of nitro groups is 1. The van der Waals surface area contributed by atoms with Crippen LogP contribution in [0.1, 0.15) is 18.1 Å². The minimum atomic E-state index is -0.838. The number of nitrogens with zero attached hydrogens (tertiary/aromatic N) is 2. The van der Waals surface area contributed by atoms with E-state index >= 15 is 0 Å². The normalized spacial score (nSPS) is 12.3. The third kappa shape index (κ3) is 7.67. The van der Waals surface area contributed by atoms with Gasteiger partial charge in [-0.1, -0.05) is 6.07 Å². The minimum Gasteiger partial charge on any atom is -0.491 e. The Bertz CT molecular complexity index is 859. The summed E-state index contributed by atoms with van der Waals surface area (Å²) in [6.07, 6.45) is -0.127. The van der Waals surface area contributed by atoms with E-state index in [4.69, 9.17) is 4.74 Å². The molecule has 0 aliphatic carbocycles. The first-order chi connectivity index (χ1) is 14.4. The maximum absolute atomic E-state index is 13.2. The first-order valence-electron chi connectivity index (χ1n) is 9.71. The summed E-state index contributed by atoms with van der Waals surface area (Å²) in [5.41, 5.74) is 1.93. The number of rotatable bonds is 10. The third-order valence-electron chi connectivity index (χ3n) is 4.29. The fourth-order valence-electron chi connectivity index (χ4n) is 2.70. The highest BCUT2D eigenvalue weighted by Gasteiger charge is 2.08. The summed E-state index contributed by atoms with van der Waals surface area (Å²) in [6.45, 7) is 5.21. The zero-order valence-electron chi connectivity index (χ0n) is 17.1. The average molecular weight is 418 g/mol. The van der Waals surface area contributed by atoms with E-state index in [9.17, 15) is 19.6 Å². The minimum absolute atomic E-state index is 0.00941. The van der Waals surface area contributed by atoms with Crippen molar-refractivity contribution in [1.29, 1.82) is 0 Å². The predicted octanol–water partition coefficient (Wildman–Crippen LogP) is 2.58. The van der Waals surface area contributed by atoms with Gasteiger partial charge in [-0.15, -0.1) is 0 Å². The highest BCUT2D eigenvalue weighted by molar-refractivity contribution is 5.79. The molecule has 0 fully saturated rings. The van der Waals surface area contributed by atoms with Crippen molar-refractivity contribution >= 4 is 11.6 Å². The topological polar surface area (TPSA) is 109 Å². The molecule has 9 heteroatoms. The van der Waals surface area contributed by atoms with E-state index in [1.54, 1.807) is 6.07 Å². The summed E-state index contributed by atoms with van der Waals surface area (Å²) in [7, 11) is 0. The molecule has 0 saturated heterocycles. The van der Waals surface area contributed by atoms with Crippen molar-refractivity contribution in [3.63, 3.8) is 0 Å². The lowest BCUT2D eigenvalue weighted by molar-refractivity contribution is -0.384. The van der Waals surface area contributed by atoms with Crippen molar-refractivity contribution in [2.45, 2.75) is 26.4 Å². The Hall–Kier alpha value is -3.20. The lowest BCUT2D eigenvalue weighted by Crippen LogP contribution is -2.39. The first kappa shape index (κ1) is 23.1. The van der Waals surface area contributed by atoms with E-state index in [2.05, 4.69) is 15.6 Å². The molecule has 8 nitrogen and oxygen atoms in total. The second-order valence-electron chi connectivity index (χ2n) is 6.68. The van der Waals surface area contributed by atoms with E-state index in [1.165, 1.54) is 36.4 Å². The van der Waals surface area contributed by atoms with E-state index in [1.807, 2.05) is 13.8 Å². The molecule has 3 N–H and O–H groups in total. The van der Waals surface area contributed by atoms with Gasteiger partial charge in [-0.25, -0.2) is 4.39 Å². The fourth-order valence-corrected chi connectivity index (χ4v) is 2.70. The molecule has 0 heterocycles. The molecule has 0 aliphatic heterocycles. The summed E-state index contributed by atoms with van der Waals surface area (Å²) >= 11 is 0. The van der Waals surface area contributed by atoms with E-state index in [0.717, 1.165) is 11.1 Å². The molecular weight excluding hydrogens is 391 g/mol. The highest BCUT2D eigenvalue weighted by Crippen LogP contribution is 2.17. The molecule has 0 radical (unpaired) electrons. The van der Waals surface area contributed by atoms with Gasteiger partial charge in [-0.05, 0) is 55.7 Å². The van der Waals surface area contributed by atoms with Crippen LogP contribution in [0.5, 0.6) is 5.75 Å². The number of aliphatic hydroxyl groups excluding tert-OH is 1.